The van der Waals surface area contributed by atoms with Gasteiger partial charge in [0.25, 0.3) is 5.56 Å². The Hall–Kier alpha value is -3.67. The fourth-order valence-electron chi connectivity index (χ4n) is 2.88. The molecular formula is C22H20F3N5O3S. The number of carbonyl (C=O) groups is 2. The summed E-state index contributed by atoms with van der Waals surface area (Å²) in [5.74, 6) is -0.947. The van der Waals surface area contributed by atoms with Crippen LogP contribution < -0.4 is 16.2 Å². The van der Waals surface area contributed by atoms with Crippen LogP contribution >= 0.6 is 11.8 Å². The van der Waals surface area contributed by atoms with Gasteiger partial charge >= 0.3 is 6.18 Å². The number of hydrogen-bond donors (Lipinski definition) is 3. The number of alkyl halides is 3. The van der Waals surface area contributed by atoms with Crippen LogP contribution in [0.5, 0.6) is 0 Å². The molecule has 0 aliphatic carbocycles. The molecule has 0 saturated carbocycles. The van der Waals surface area contributed by atoms with Gasteiger partial charge in [0.2, 0.25) is 11.8 Å². The Morgan fingerprint density at radius 1 is 1.03 bits per heavy atom. The molecule has 0 fully saturated rings. The number of nitrogens with zero attached hydrogens (tertiary/aromatic N) is 2. The first kappa shape index (κ1) is 25.0. The van der Waals surface area contributed by atoms with E-state index in [0.29, 0.717) is 11.3 Å². The summed E-state index contributed by atoms with van der Waals surface area (Å²) in [7, 11) is 0. The third kappa shape index (κ3) is 6.01. The van der Waals surface area contributed by atoms with E-state index < -0.39 is 28.5 Å². The maximum Gasteiger partial charge on any atom is 0.418 e. The second kappa shape index (κ2) is 10.5. The maximum absolute atomic E-state index is 13.1. The molecule has 0 saturated heterocycles. The monoisotopic (exact) mass is 491 g/mol. The predicted octanol–water partition coefficient (Wildman–Crippen LogP) is 4.32. The van der Waals surface area contributed by atoms with Gasteiger partial charge in [-0.25, -0.2) is 0 Å². The second-order valence-corrected chi connectivity index (χ2v) is 8.38. The van der Waals surface area contributed by atoms with Crippen LogP contribution in [0.2, 0.25) is 0 Å². The van der Waals surface area contributed by atoms with Gasteiger partial charge in [0.1, 0.15) is 0 Å². The van der Waals surface area contributed by atoms with E-state index in [4.69, 9.17) is 0 Å². The lowest BCUT2D eigenvalue weighted by Gasteiger charge is -2.16. The zero-order valence-corrected chi connectivity index (χ0v) is 18.9. The number of benzene rings is 2. The Morgan fingerprint density at radius 3 is 2.32 bits per heavy atom. The van der Waals surface area contributed by atoms with Crippen molar-refractivity contribution in [3.05, 3.63) is 64.4 Å². The molecule has 12 heteroatoms. The number of rotatable bonds is 7. The number of halogens is 3. The third-order valence-corrected chi connectivity index (χ3v) is 5.58. The van der Waals surface area contributed by atoms with Crippen molar-refractivity contribution in [1.82, 2.24) is 15.2 Å². The van der Waals surface area contributed by atoms with Crippen molar-refractivity contribution in [1.29, 1.82) is 0 Å². The highest BCUT2D eigenvalue weighted by molar-refractivity contribution is 8.00. The number of thioether (sulfide) groups is 1. The Labute approximate surface area is 196 Å². The van der Waals surface area contributed by atoms with E-state index in [1.165, 1.54) is 19.1 Å². The summed E-state index contributed by atoms with van der Waals surface area (Å²) in [6.07, 6.45) is -4.38. The average Bonchev–Trinajstić information content (AvgIpc) is 2.79. The summed E-state index contributed by atoms with van der Waals surface area (Å²) in [4.78, 5) is 39.4. The number of aromatic amines is 1. The molecule has 1 unspecified atom stereocenters. The number of aromatic nitrogens is 3. The molecule has 2 aromatic carbocycles. The molecule has 1 heterocycles. The number of para-hydroxylation sites is 2. The topological polar surface area (TPSA) is 117 Å². The number of anilines is 2. The van der Waals surface area contributed by atoms with Crippen molar-refractivity contribution >= 4 is 35.0 Å². The molecule has 3 N–H and O–H groups in total. The first-order chi connectivity index (χ1) is 16.1. The molecular weight excluding hydrogens is 471 g/mol. The number of H-pyrrole nitrogens is 1. The van der Waals surface area contributed by atoms with Crippen molar-refractivity contribution in [2.24, 2.45) is 0 Å². The van der Waals surface area contributed by atoms with Crippen LogP contribution in [0.3, 0.4) is 0 Å². The van der Waals surface area contributed by atoms with Crippen LogP contribution in [0, 0.1) is 0 Å². The molecule has 178 valence electrons. The van der Waals surface area contributed by atoms with Gasteiger partial charge < -0.3 is 10.6 Å². The predicted molar refractivity (Wildman–Crippen MR) is 122 cm³/mol. The highest BCUT2D eigenvalue weighted by atomic mass is 32.2. The molecule has 0 aliphatic rings. The van der Waals surface area contributed by atoms with Gasteiger partial charge in [-0.2, -0.15) is 13.2 Å². The molecule has 3 aromatic rings. The molecule has 1 aromatic heterocycles. The Kier molecular flexibility index (Phi) is 7.72. The van der Waals surface area contributed by atoms with Crippen molar-refractivity contribution in [3.8, 4) is 11.3 Å². The van der Waals surface area contributed by atoms with Gasteiger partial charge in [0.15, 0.2) is 10.9 Å². The van der Waals surface area contributed by atoms with Gasteiger partial charge in [-0.05, 0) is 25.1 Å². The molecule has 34 heavy (non-hydrogen) atoms. The minimum Gasteiger partial charge on any atom is -0.325 e. The fourth-order valence-corrected chi connectivity index (χ4v) is 3.62. The van der Waals surface area contributed by atoms with E-state index in [1.807, 2.05) is 0 Å². The zero-order chi connectivity index (χ0) is 24.9. The molecule has 0 bridgehead atoms. The smallest absolute Gasteiger partial charge is 0.325 e. The first-order valence-electron chi connectivity index (χ1n) is 10.1. The van der Waals surface area contributed by atoms with Crippen LogP contribution in [-0.4, -0.2) is 32.2 Å². The third-order valence-electron chi connectivity index (χ3n) is 4.60. The van der Waals surface area contributed by atoms with Crippen molar-refractivity contribution < 1.29 is 22.8 Å². The van der Waals surface area contributed by atoms with E-state index in [9.17, 15) is 27.6 Å². The van der Waals surface area contributed by atoms with Gasteiger partial charge in [0, 0.05) is 12.0 Å². The molecule has 0 spiro atoms. The van der Waals surface area contributed by atoms with Crippen LogP contribution in [0.4, 0.5) is 24.5 Å². The molecule has 0 radical (unpaired) electrons. The maximum atomic E-state index is 13.1. The number of hydrogen-bond acceptors (Lipinski definition) is 6. The van der Waals surface area contributed by atoms with Crippen molar-refractivity contribution in [2.45, 2.75) is 36.9 Å². The SMILES string of the molecule is CCC(=O)Nc1ccccc1-c1nnc(SC(C)C(=O)Nc2ccccc2C(F)(F)F)[nH]c1=O. The van der Waals surface area contributed by atoms with Crippen LogP contribution in [-0.2, 0) is 15.8 Å². The fraction of sp³-hybridized carbons (Fsp3) is 0.227. The van der Waals surface area contributed by atoms with Gasteiger partial charge in [0.05, 0.1) is 22.2 Å². The quantitative estimate of drug-likeness (QED) is 0.424. The normalized spacial score (nSPS) is 12.1. The summed E-state index contributed by atoms with van der Waals surface area (Å²) in [6, 6.07) is 11.2. The largest absolute Gasteiger partial charge is 0.418 e. The second-order valence-electron chi connectivity index (χ2n) is 7.05. The van der Waals surface area contributed by atoms with Crippen LogP contribution in [0.15, 0.2) is 58.5 Å². The van der Waals surface area contributed by atoms with Crippen LogP contribution in [0.25, 0.3) is 11.3 Å². The van der Waals surface area contributed by atoms with E-state index >= 15 is 0 Å². The molecule has 8 nitrogen and oxygen atoms in total. The Balaban J connectivity index is 1.76. The van der Waals surface area contributed by atoms with Gasteiger partial charge in [-0.1, -0.05) is 49.0 Å². The molecule has 2 amide bonds. The minimum atomic E-state index is -4.63. The summed E-state index contributed by atoms with van der Waals surface area (Å²) in [5, 5.41) is 11.9. The Morgan fingerprint density at radius 2 is 1.68 bits per heavy atom. The van der Waals surface area contributed by atoms with Crippen molar-refractivity contribution in [3.63, 3.8) is 0 Å². The highest BCUT2D eigenvalue weighted by Gasteiger charge is 2.34. The summed E-state index contributed by atoms with van der Waals surface area (Å²) in [5.41, 5.74) is -1.21. The summed E-state index contributed by atoms with van der Waals surface area (Å²) >= 11 is 0.829. The lowest BCUT2D eigenvalue weighted by atomic mass is 10.1. The van der Waals surface area contributed by atoms with E-state index in [2.05, 4.69) is 25.8 Å². The van der Waals surface area contributed by atoms with Crippen molar-refractivity contribution in [2.75, 3.05) is 10.6 Å². The lowest BCUT2D eigenvalue weighted by molar-refractivity contribution is -0.137. The van der Waals surface area contributed by atoms with E-state index in [-0.39, 0.29) is 28.9 Å². The summed E-state index contributed by atoms with van der Waals surface area (Å²) in [6.45, 7) is 3.15. The van der Waals surface area contributed by atoms with Gasteiger partial charge in [-0.3, -0.25) is 19.4 Å². The lowest BCUT2D eigenvalue weighted by Crippen LogP contribution is -2.25. The first-order valence-corrected chi connectivity index (χ1v) is 11.0. The van der Waals surface area contributed by atoms with E-state index in [0.717, 1.165) is 23.9 Å². The minimum absolute atomic E-state index is 0.00980. The standard InChI is InChI=1S/C22H20F3N5O3S/c1-3-17(31)26-15-10-6-4-8-13(15)18-20(33)28-21(30-29-18)34-12(2)19(32)27-16-11-7-5-9-14(16)22(23,24)25/h4-12H,3H2,1-2H3,(H,26,31)(H,27,32)(H,28,30,33). The Bertz CT molecular complexity index is 1260. The number of nitrogens with one attached hydrogen (secondary N) is 3. The number of carbonyl (C=O) groups excluding carboxylic acids is 2. The number of amides is 2. The highest BCUT2D eigenvalue weighted by Crippen LogP contribution is 2.35. The average molecular weight is 491 g/mol. The molecule has 1 atom stereocenters. The molecule has 3 rings (SSSR count). The van der Waals surface area contributed by atoms with Gasteiger partial charge in [-0.15, -0.1) is 10.2 Å². The summed E-state index contributed by atoms with van der Waals surface area (Å²) < 4.78 is 39.4. The van der Waals surface area contributed by atoms with Crippen LogP contribution in [0.1, 0.15) is 25.8 Å². The zero-order valence-electron chi connectivity index (χ0n) is 18.1. The molecule has 0 aliphatic heterocycles. The van der Waals surface area contributed by atoms with E-state index in [1.54, 1.807) is 31.2 Å².